The minimum atomic E-state index is 0.723. The Labute approximate surface area is 132 Å². The van der Waals surface area contributed by atoms with Crippen molar-refractivity contribution in [2.45, 2.75) is 32.9 Å². The third kappa shape index (κ3) is 5.24. The molecule has 0 unspecified atom stereocenters. The first-order valence-corrected chi connectivity index (χ1v) is 7.81. The Hall–Kier alpha value is -2.30. The summed E-state index contributed by atoms with van der Waals surface area (Å²) in [6, 6.07) is 10.3. The molecule has 0 saturated heterocycles. The third-order valence-corrected chi connectivity index (χ3v) is 3.38. The lowest BCUT2D eigenvalue weighted by Crippen LogP contribution is -2.37. The maximum Gasteiger partial charge on any atom is 0.191 e. The Kier molecular flexibility index (Phi) is 6.48. The van der Waals surface area contributed by atoms with Gasteiger partial charge in [0.1, 0.15) is 0 Å². The van der Waals surface area contributed by atoms with Crippen molar-refractivity contribution in [1.82, 2.24) is 20.4 Å². The van der Waals surface area contributed by atoms with Crippen molar-refractivity contribution in [3.8, 4) is 0 Å². The van der Waals surface area contributed by atoms with Crippen molar-refractivity contribution in [3.05, 3.63) is 53.9 Å². The van der Waals surface area contributed by atoms with E-state index < -0.39 is 0 Å². The predicted octanol–water partition coefficient (Wildman–Crippen LogP) is 2.40. The van der Waals surface area contributed by atoms with Crippen LogP contribution < -0.4 is 10.6 Å². The molecular weight excluding hydrogens is 274 g/mol. The lowest BCUT2D eigenvalue weighted by atomic mass is 10.2. The molecule has 0 bridgehead atoms. The Morgan fingerprint density at radius 1 is 1.18 bits per heavy atom. The molecule has 0 spiro atoms. The van der Waals surface area contributed by atoms with E-state index in [9.17, 15) is 0 Å². The normalized spacial score (nSPS) is 11.5. The molecule has 1 heterocycles. The molecule has 0 radical (unpaired) electrons. The summed E-state index contributed by atoms with van der Waals surface area (Å²) >= 11 is 0. The van der Waals surface area contributed by atoms with Gasteiger partial charge in [-0.15, -0.1) is 0 Å². The van der Waals surface area contributed by atoms with E-state index in [1.807, 2.05) is 29.1 Å². The predicted molar refractivity (Wildman–Crippen MR) is 90.9 cm³/mol. The fourth-order valence-electron chi connectivity index (χ4n) is 2.14. The van der Waals surface area contributed by atoms with Gasteiger partial charge in [0.05, 0.1) is 12.7 Å². The van der Waals surface area contributed by atoms with E-state index in [1.165, 1.54) is 12.0 Å². The average molecular weight is 299 g/mol. The van der Waals surface area contributed by atoms with Crippen molar-refractivity contribution in [2.24, 2.45) is 4.99 Å². The molecule has 1 aromatic carbocycles. The maximum absolute atomic E-state index is 4.41. The quantitative estimate of drug-likeness (QED) is 0.469. The Morgan fingerprint density at radius 3 is 2.73 bits per heavy atom. The second-order valence-corrected chi connectivity index (χ2v) is 5.24. The van der Waals surface area contributed by atoms with E-state index in [0.717, 1.165) is 37.6 Å². The van der Waals surface area contributed by atoms with Gasteiger partial charge in [0.2, 0.25) is 0 Å². The van der Waals surface area contributed by atoms with Gasteiger partial charge < -0.3 is 10.6 Å². The molecule has 1 aromatic heterocycles. The first-order valence-electron chi connectivity index (χ1n) is 7.81. The highest BCUT2D eigenvalue weighted by atomic mass is 15.3. The fourth-order valence-corrected chi connectivity index (χ4v) is 2.14. The second kappa shape index (κ2) is 8.87. The van der Waals surface area contributed by atoms with Crippen molar-refractivity contribution in [3.63, 3.8) is 0 Å². The molecule has 0 saturated carbocycles. The number of benzene rings is 1. The van der Waals surface area contributed by atoms with E-state index in [4.69, 9.17) is 0 Å². The molecule has 5 nitrogen and oxygen atoms in total. The van der Waals surface area contributed by atoms with Gasteiger partial charge >= 0.3 is 0 Å². The van der Waals surface area contributed by atoms with E-state index in [2.05, 4.69) is 46.0 Å². The first kappa shape index (κ1) is 16.1. The molecule has 0 fully saturated rings. The van der Waals surface area contributed by atoms with Crippen LogP contribution in [-0.2, 0) is 13.1 Å². The van der Waals surface area contributed by atoms with Gasteiger partial charge in [-0.1, -0.05) is 43.7 Å². The number of rotatable bonds is 7. The van der Waals surface area contributed by atoms with E-state index in [0.29, 0.717) is 0 Å². The zero-order valence-corrected chi connectivity index (χ0v) is 13.4. The number of nitrogens with zero attached hydrogens (tertiary/aromatic N) is 3. The summed E-state index contributed by atoms with van der Waals surface area (Å²) in [5.41, 5.74) is 2.40. The zero-order valence-electron chi connectivity index (χ0n) is 13.4. The lowest BCUT2D eigenvalue weighted by molar-refractivity contribution is 0.685. The number of aromatic nitrogens is 2. The minimum Gasteiger partial charge on any atom is -0.356 e. The van der Waals surface area contributed by atoms with Crippen molar-refractivity contribution >= 4 is 5.96 Å². The molecule has 22 heavy (non-hydrogen) atoms. The Balaban J connectivity index is 1.81. The van der Waals surface area contributed by atoms with E-state index >= 15 is 0 Å². The largest absolute Gasteiger partial charge is 0.356 e. The smallest absolute Gasteiger partial charge is 0.191 e. The van der Waals surface area contributed by atoms with Crippen LogP contribution in [0.3, 0.4) is 0 Å². The SMILES string of the molecule is CCCCNC(=NC)NCc1cnn(Cc2ccccc2)c1. The molecule has 0 aliphatic rings. The highest BCUT2D eigenvalue weighted by molar-refractivity contribution is 5.79. The van der Waals surface area contributed by atoms with Crippen LogP contribution in [0.1, 0.15) is 30.9 Å². The average Bonchev–Trinajstić information content (AvgIpc) is 2.99. The third-order valence-electron chi connectivity index (χ3n) is 3.38. The van der Waals surface area contributed by atoms with Gasteiger partial charge in [0.25, 0.3) is 0 Å². The van der Waals surface area contributed by atoms with Gasteiger partial charge in [-0.2, -0.15) is 5.10 Å². The molecule has 0 aliphatic heterocycles. The maximum atomic E-state index is 4.41. The van der Waals surface area contributed by atoms with Gasteiger partial charge in [-0.05, 0) is 12.0 Å². The summed E-state index contributed by atoms with van der Waals surface area (Å²) in [6.45, 7) is 4.65. The molecule has 5 heteroatoms. The summed E-state index contributed by atoms with van der Waals surface area (Å²) in [4.78, 5) is 4.22. The van der Waals surface area contributed by atoms with Crippen LogP contribution in [0.2, 0.25) is 0 Å². The van der Waals surface area contributed by atoms with Crippen LogP contribution in [0.15, 0.2) is 47.7 Å². The van der Waals surface area contributed by atoms with Gasteiger partial charge in [0.15, 0.2) is 5.96 Å². The molecular formula is C17H25N5. The topological polar surface area (TPSA) is 54.2 Å². The van der Waals surface area contributed by atoms with Crippen molar-refractivity contribution < 1.29 is 0 Å². The van der Waals surface area contributed by atoms with Gasteiger partial charge in [0, 0.05) is 31.9 Å². The number of nitrogens with one attached hydrogen (secondary N) is 2. The van der Waals surface area contributed by atoms with Crippen LogP contribution in [-0.4, -0.2) is 29.3 Å². The van der Waals surface area contributed by atoms with Crippen LogP contribution in [0, 0.1) is 0 Å². The molecule has 0 atom stereocenters. The van der Waals surface area contributed by atoms with E-state index in [-0.39, 0.29) is 0 Å². The second-order valence-electron chi connectivity index (χ2n) is 5.24. The highest BCUT2D eigenvalue weighted by Crippen LogP contribution is 2.03. The van der Waals surface area contributed by atoms with Gasteiger partial charge in [-0.3, -0.25) is 9.67 Å². The van der Waals surface area contributed by atoms with Crippen LogP contribution in [0.5, 0.6) is 0 Å². The summed E-state index contributed by atoms with van der Waals surface area (Å²) in [7, 11) is 1.79. The summed E-state index contributed by atoms with van der Waals surface area (Å²) in [6.07, 6.45) is 6.29. The molecule has 0 amide bonds. The summed E-state index contributed by atoms with van der Waals surface area (Å²) < 4.78 is 1.96. The summed E-state index contributed by atoms with van der Waals surface area (Å²) in [5.74, 6) is 0.837. The van der Waals surface area contributed by atoms with Crippen molar-refractivity contribution in [1.29, 1.82) is 0 Å². The Morgan fingerprint density at radius 2 is 2.00 bits per heavy atom. The molecule has 2 aromatic rings. The van der Waals surface area contributed by atoms with E-state index in [1.54, 1.807) is 7.05 Å². The fraction of sp³-hybridized carbons (Fsp3) is 0.412. The number of unbranched alkanes of at least 4 members (excludes halogenated alkanes) is 1. The number of hydrogen-bond donors (Lipinski definition) is 2. The zero-order chi connectivity index (χ0) is 15.6. The van der Waals surface area contributed by atoms with Crippen LogP contribution in [0.25, 0.3) is 0 Å². The first-order chi connectivity index (χ1) is 10.8. The number of guanidine groups is 1. The minimum absolute atomic E-state index is 0.723. The summed E-state index contributed by atoms with van der Waals surface area (Å²) in [5, 5.41) is 11.0. The van der Waals surface area contributed by atoms with Crippen LogP contribution in [0.4, 0.5) is 0 Å². The molecule has 0 aliphatic carbocycles. The van der Waals surface area contributed by atoms with Crippen LogP contribution >= 0.6 is 0 Å². The van der Waals surface area contributed by atoms with Crippen molar-refractivity contribution in [2.75, 3.05) is 13.6 Å². The Bertz CT molecular complexity index is 574. The number of aliphatic imine (C=N–C) groups is 1. The highest BCUT2D eigenvalue weighted by Gasteiger charge is 2.01. The molecule has 2 rings (SSSR count). The molecule has 2 N–H and O–H groups in total. The monoisotopic (exact) mass is 299 g/mol. The molecule has 118 valence electrons. The lowest BCUT2D eigenvalue weighted by Gasteiger charge is -2.10. The standard InChI is InChI=1S/C17H25N5/c1-3-4-10-19-17(18-2)20-11-16-12-21-22(14-16)13-15-8-6-5-7-9-15/h5-9,12,14H,3-4,10-11,13H2,1-2H3,(H2,18,19,20). The number of hydrogen-bond acceptors (Lipinski definition) is 2. The van der Waals surface area contributed by atoms with Gasteiger partial charge in [-0.25, -0.2) is 0 Å².